The second-order valence-corrected chi connectivity index (χ2v) is 8.01. The van der Waals surface area contributed by atoms with Crippen molar-refractivity contribution in [1.29, 1.82) is 0 Å². The zero-order valence-corrected chi connectivity index (χ0v) is 18.0. The molecule has 31 heavy (non-hydrogen) atoms. The molecule has 1 amide bonds. The van der Waals surface area contributed by atoms with Crippen molar-refractivity contribution >= 4 is 28.9 Å². The first-order chi connectivity index (χ1) is 15.1. The van der Waals surface area contributed by atoms with Gasteiger partial charge in [0.1, 0.15) is 23.9 Å². The fourth-order valence-corrected chi connectivity index (χ4v) is 4.11. The normalized spacial score (nSPS) is 13.0. The van der Waals surface area contributed by atoms with Gasteiger partial charge >= 0.3 is 5.97 Å². The number of anilines is 1. The van der Waals surface area contributed by atoms with Crippen molar-refractivity contribution in [3.05, 3.63) is 47.5 Å². The van der Waals surface area contributed by atoms with Gasteiger partial charge < -0.3 is 14.2 Å². The van der Waals surface area contributed by atoms with Crippen LogP contribution in [-0.4, -0.2) is 55.3 Å². The number of carbonyl (C=O) groups excluding carboxylic acids is 2. The SMILES string of the molecule is COCCOC(=O)CN1C(=O)COc2ccc(-c3nc(-c4ccccn4)sc3C)cc21. The maximum absolute atomic E-state index is 12.5. The van der Waals surface area contributed by atoms with Gasteiger partial charge in [0.25, 0.3) is 5.91 Å². The third-order valence-electron chi connectivity index (χ3n) is 4.69. The number of fused-ring (bicyclic) bond motifs is 1. The van der Waals surface area contributed by atoms with Crippen molar-refractivity contribution < 1.29 is 23.8 Å². The number of esters is 1. The minimum Gasteiger partial charge on any atom is -0.482 e. The van der Waals surface area contributed by atoms with Crippen LogP contribution in [0.2, 0.25) is 0 Å². The summed E-state index contributed by atoms with van der Waals surface area (Å²) in [5, 5.41) is 0.816. The summed E-state index contributed by atoms with van der Waals surface area (Å²) in [6, 6.07) is 11.2. The third-order valence-corrected chi connectivity index (χ3v) is 5.69. The van der Waals surface area contributed by atoms with E-state index in [2.05, 4.69) is 4.98 Å². The molecule has 9 heteroatoms. The molecule has 8 nitrogen and oxygen atoms in total. The Hall–Kier alpha value is -3.30. The Kier molecular flexibility index (Phi) is 6.24. The summed E-state index contributed by atoms with van der Waals surface area (Å²) in [6.45, 7) is 2.10. The van der Waals surface area contributed by atoms with Gasteiger partial charge in [-0.25, -0.2) is 4.98 Å². The van der Waals surface area contributed by atoms with Crippen molar-refractivity contribution in [3.8, 4) is 27.7 Å². The van der Waals surface area contributed by atoms with E-state index in [9.17, 15) is 9.59 Å². The van der Waals surface area contributed by atoms with Crippen LogP contribution in [0.3, 0.4) is 0 Å². The van der Waals surface area contributed by atoms with E-state index in [1.807, 2.05) is 37.3 Å². The highest BCUT2D eigenvalue weighted by Gasteiger charge is 2.28. The average Bonchev–Trinajstić information content (AvgIpc) is 3.18. The Morgan fingerprint density at radius 3 is 2.90 bits per heavy atom. The summed E-state index contributed by atoms with van der Waals surface area (Å²) < 4.78 is 15.6. The van der Waals surface area contributed by atoms with Crippen molar-refractivity contribution in [2.75, 3.05) is 38.4 Å². The lowest BCUT2D eigenvalue weighted by Crippen LogP contribution is -2.42. The van der Waals surface area contributed by atoms with Gasteiger partial charge in [-0.05, 0) is 37.3 Å². The molecule has 0 atom stereocenters. The first kappa shape index (κ1) is 21.0. The molecule has 0 fully saturated rings. The maximum Gasteiger partial charge on any atom is 0.326 e. The molecule has 0 unspecified atom stereocenters. The summed E-state index contributed by atoms with van der Waals surface area (Å²) in [4.78, 5) is 36.2. The molecule has 0 N–H and O–H groups in total. The lowest BCUT2D eigenvalue weighted by atomic mass is 10.1. The number of nitrogens with zero attached hydrogens (tertiary/aromatic N) is 3. The van der Waals surface area contributed by atoms with E-state index in [4.69, 9.17) is 19.2 Å². The lowest BCUT2D eigenvalue weighted by molar-refractivity contribution is -0.144. The van der Waals surface area contributed by atoms with E-state index in [1.54, 1.807) is 23.6 Å². The van der Waals surface area contributed by atoms with Gasteiger partial charge in [-0.15, -0.1) is 11.3 Å². The minimum absolute atomic E-state index is 0.128. The van der Waals surface area contributed by atoms with Crippen molar-refractivity contribution in [3.63, 3.8) is 0 Å². The predicted molar refractivity (Wildman–Crippen MR) is 116 cm³/mol. The standard InChI is InChI=1S/C22H21N3O5S/c1-14-21(24-22(31-14)16-5-3-4-8-23-16)15-6-7-18-17(11-15)25(19(26)13-30-18)12-20(27)29-10-9-28-2/h3-8,11H,9-10,12-13H2,1-2H3. The molecule has 0 spiro atoms. The topological polar surface area (TPSA) is 90.9 Å². The number of pyridine rings is 1. The number of ether oxygens (including phenoxy) is 3. The molecule has 3 heterocycles. The van der Waals surface area contributed by atoms with Crippen molar-refractivity contribution in [2.24, 2.45) is 0 Å². The fraction of sp³-hybridized carbons (Fsp3) is 0.273. The number of thiazole rings is 1. The zero-order chi connectivity index (χ0) is 21.8. The van der Waals surface area contributed by atoms with Gasteiger partial charge in [-0.2, -0.15) is 0 Å². The summed E-state index contributed by atoms with van der Waals surface area (Å²) >= 11 is 1.55. The Morgan fingerprint density at radius 2 is 2.13 bits per heavy atom. The molecule has 1 aromatic carbocycles. The monoisotopic (exact) mass is 439 g/mol. The number of benzene rings is 1. The molecular weight excluding hydrogens is 418 g/mol. The van der Waals surface area contributed by atoms with E-state index < -0.39 is 5.97 Å². The van der Waals surface area contributed by atoms with E-state index in [0.29, 0.717) is 18.0 Å². The number of aromatic nitrogens is 2. The molecule has 1 aliphatic heterocycles. The number of hydrogen-bond acceptors (Lipinski definition) is 8. The fourth-order valence-electron chi connectivity index (χ4n) is 3.20. The summed E-state index contributed by atoms with van der Waals surface area (Å²) in [5.41, 5.74) is 2.95. The molecule has 1 aliphatic rings. The van der Waals surface area contributed by atoms with Gasteiger partial charge in [0.15, 0.2) is 6.61 Å². The van der Waals surface area contributed by atoms with Crippen LogP contribution in [0.15, 0.2) is 42.6 Å². The van der Waals surface area contributed by atoms with Crippen molar-refractivity contribution in [1.82, 2.24) is 9.97 Å². The number of carbonyl (C=O) groups is 2. The van der Waals surface area contributed by atoms with Gasteiger partial charge in [-0.1, -0.05) is 6.07 Å². The van der Waals surface area contributed by atoms with Crippen LogP contribution in [-0.2, 0) is 19.1 Å². The second kappa shape index (κ2) is 9.23. The molecule has 0 bridgehead atoms. The Morgan fingerprint density at radius 1 is 1.26 bits per heavy atom. The average molecular weight is 439 g/mol. The highest BCUT2D eigenvalue weighted by Crippen LogP contribution is 2.38. The number of amides is 1. The first-order valence-corrected chi connectivity index (χ1v) is 10.5. The molecule has 3 aromatic rings. The molecule has 160 valence electrons. The van der Waals surface area contributed by atoms with Crippen LogP contribution in [0.25, 0.3) is 22.0 Å². The zero-order valence-electron chi connectivity index (χ0n) is 17.2. The number of hydrogen-bond donors (Lipinski definition) is 0. The van der Waals surface area contributed by atoms with Gasteiger partial charge in [-0.3, -0.25) is 19.5 Å². The quantitative estimate of drug-likeness (QED) is 0.413. The predicted octanol–water partition coefficient (Wildman–Crippen LogP) is 3.10. The maximum atomic E-state index is 12.5. The Balaban J connectivity index is 1.63. The second-order valence-electron chi connectivity index (χ2n) is 6.80. The van der Waals surface area contributed by atoms with Crippen molar-refractivity contribution in [2.45, 2.75) is 6.92 Å². The summed E-state index contributed by atoms with van der Waals surface area (Å²) in [7, 11) is 1.52. The molecule has 2 aromatic heterocycles. The summed E-state index contributed by atoms with van der Waals surface area (Å²) in [6.07, 6.45) is 1.73. The summed E-state index contributed by atoms with van der Waals surface area (Å²) in [5.74, 6) is -0.283. The van der Waals surface area contributed by atoms with Crippen LogP contribution in [0.4, 0.5) is 5.69 Å². The first-order valence-electron chi connectivity index (χ1n) is 9.68. The molecule has 0 saturated carbocycles. The van der Waals surface area contributed by atoms with Gasteiger partial charge in [0.05, 0.1) is 23.7 Å². The number of aryl methyl sites for hydroxylation is 1. The van der Waals surface area contributed by atoms with Crippen LogP contribution in [0, 0.1) is 6.92 Å². The molecule has 0 radical (unpaired) electrons. The minimum atomic E-state index is -0.508. The molecule has 0 saturated heterocycles. The smallest absolute Gasteiger partial charge is 0.326 e. The number of methoxy groups -OCH3 is 1. The molecule has 0 aliphatic carbocycles. The van der Waals surface area contributed by atoms with Gasteiger partial charge in [0.2, 0.25) is 0 Å². The molecule has 4 rings (SSSR count). The third kappa shape index (κ3) is 4.57. The van der Waals surface area contributed by atoms with E-state index in [0.717, 1.165) is 26.8 Å². The van der Waals surface area contributed by atoms with Crippen LogP contribution in [0.5, 0.6) is 5.75 Å². The Labute approximate surface area is 183 Å². The van der Waals surface area contributed by atoms with Gasteiger partial charge in [0, 0.05) is 23.7 Å². The lowest BCUT2D eigenvalue weighted by Gasteiger charge is -2.29. The highest BCUT2D eigenvalue weighted by atomic mass is 32.1. The van der Waals surface area contributed by atoms with E-state index in [1.165, 1.54) is 12.0 Å². The van der Waals surface area contributed by atoms with E-state index in [-0.39, 0.29) is 25.7 Å². The highest BCUT2D eigenvalue weighted by molar-refractivity contribution is 7.15. The molecular formula is C22H21N3O5S. The van der Waals surface area contributed by atoms with Crippen LogP contribution in [0.1, 0.15) is 4.88 Å². The Bertz CT molecular complexity index is 1100. The number of rotatable bonds is 7. The largest absolute Gasteiger partial charge is 0.482 e. The van der Waals surface area contributed by atoms with Crippen LogP contribution >= 0.6 is 11.3 Å². The van der Waals surface area contributed by atoms with E-state index >= 15 is 0 Å². The van der Waals surface area contributed by atoms with Crippen LogP contribution < -0.4 is 9.64 Å².